The van der Waals surface area contributed by atoms with Crippen molar-refractivity contribution in [2.24, 2.45) is 5.92 Å². The Morgan fingerprint density at radius 2 is 2.13 bits per heavy atom. The molecular formula is C17H22N2O3S. The van der Waals surface area contributed by atoms with Crippen molar-refractivity contribution in [1.29, 1.82) is 0 Å². The fourth-order valence-corrected chi connectivity index (χ4v) is 3.42. The third kappa shape index (κ3) is 4.34. The summed E-state index contributed by atoms with van der Waals surface area (Å²) in [6.07, 6.45) is 0.470. The van der Waals surface area contributed by atoms with Gasteiger partial charge in [-0.3, -0.25) is 14.4 Å². The molecule has 1 aliphatic rings. The van der Waals surface area contributed by atoms with Crippen LogP contribution in [-0.4, -0.2) is 35.8 Å². The van der Waals surface area contributed by atoms with Crippen molar-refractivity contribution in [3.63, 3.8) is 0 Å². The standard InChI is InChI=1S/C17H22N2O3S/c1-4-18-17(22)14-5-6-15(11(2)7-14)19-9-13(8-16(19)21)10-23-12(3)20/h5-7,13H,4,8-10H2,1-3H3,(H,18,22). The number of carbonyl (C=O) groups excluding carboxylic acids is 3. The van der Waals surface area contributed by atoms with Crippen molar-refractivity contribution in [1.82, 2.24) is 5.32 Å². The normalized spacial score (nSPS) is 17.4. The fraction of sp³-hybridized carbons (Fsp3) is 0.471. The van der Waals surface area contributed by atoms with Gasteiger partial charge in [-0.15, -0.1) is 0 Å². The lowest BCUT2D eigenvalue weighted by atomic mass is 10.1. The molecule has 0 aliphatic carbocycles. The molecule has 1 aromatic rings. The number of nitrogens with one attached hydrogen (secondary N) is 1. The molecule has 1 heterocycles. The Kier molecular flexibility index (Phi) is 5.82. The summed E-state index contributed by atoms with van der Waals surface area (Å²) in [7, 11) is 0. The van der Waals surface area contributed by atoms with E-state index in [1.165, 1.54) is 11.8 Å². The van der Waals surface area contributed by atoms with Gasteiger partial charge in [-0.2, -0.15) is 0 Å². The smallest absolute Gasteiger partial charge is 0.251 e. The molecule has 1 aromatic carbocycles. The van der Waals surface area contributed by atoms with Crippen LogP contribution < -0.4 is 10.2 Å². The molecule has 6 heteroatoms. The number of hydrogen-bond donors (Lipinski definition) is 1. The minimum absolute atomic E-state index is 0.0769. The van der Waals surface area contributed by atoms with Gasteiger partial charge in [-0.25, -0.2) is 0 Å². The molecule has 0 spiro atoms. The molecule has 1 saturated heterocycles. The fourth-order valence-electron chi connectivity index (χ4n) is 2.72. The highest BCUT2D eigenvalue weighted by Gasteiger charge is 2.31. The van der Waals surface area contributed by atoms with E-state index < -0.39 is 0 Å². The largest absolute Gasteiger partial charge is 0.352 e. The van der Waals surface area contributed by atoms with Crippen LogP contribution in [0, 0.1) is 12.8 Å². The van der Waals surface area contributed by atoms with E-state index in [9.17, 15) is 14.4 Å². The lowest BCUT2D eigenvalue weighted by Gasteiger charge is -2.19. The molecule has 1 atom stereocenters. The Hall–Kier alpha value is -1.82. The second-order valence-corrected chi connectivity index (χ2v) is 6.93. The van der Waals surface area contributed by atoms with Crippen LogP contribution in [0.1, 0.15) is 36.2 Å². The highest BCUT2D eigenvalue weighted by molar-refractivity contribution is 8.13. The summed E-state index contributed by atoms with van der Waals surface area (Å²) in [5.41, 5.74) is 2.35. The van der Waals surface area contributed by atoms with Crippen LogP contribution in [0.4, 0.5) is 5.69 Å². The van der Waals surface area contributed by atoms with Crippen LogP contribution in [0.3, 0.4) is 0 Å². The molecule has 2 amide bonds. The molecule has 124 valence electrons. The minimum Gasteiger partial charge on any atom is -0.352 e. The van der Waals surface area contributed by atoms with E-state index in [2.05, 4.69) is 5.32 Å². The molecule has 1 N–H and O–H groups in total. The number of carbonyl (C=O) groups is 3. The van der Waals surface area contributed by atoms with E-state index in [1.54, 1.807) is 17.9 Å². The predicted octanol–water partition coefficient (Wildman–Crippen LogP) is 2.38. The van der Waals surface area contributed by atoms with Gasteiger partial charge in [0.1, 0.15) is 0 Å². The molecule has 1 unspecified atom stereocenters. The maximum atomic E-state index is 12.3. The Morgan fingerprint density at radius 1 is 1.39 bits per heavy atom. The van der Waals surface area contributed by atoms with Crippen molar-refractivity contribution < 1.29 is 14.4 Å². The van der Waals surface area contributed by atoms with Gasteiger partial charge in [-0.1, -0.05) is 11.8 Å². The van der Waals surface area contributed by atoms with Crippen molar-refractivity contribution in [3.05, 3.63) is 29.3 Å². The summed E-state index contributed by atoms with van der Waals surface area (Å²) in [5, 5.41) is 2.85. The molecule has 0 bridgehead atoms. The predicted molar refractivity (Wildman–Crippen MR) is 92.8 cm³/mol. The lowest BCUT2D eigenvalue weighted by Crippen LogP contribution is -2.26. The Bertz CT molecular complexity index is 630. The maximum Gasteiger partial charge on any atom is 0.251 e. The SMILES string of the molecule is CCNC(=O)c1ccc(N2CC(CSC(C)=O)CC2=O)c(C)c1. The van der Waals surface area contributed by atoms with E-state index in [4.69, 9.17) is 0 Å². The Balaban J connectivity index is 2.11. The highest BCUT2D eigenvalue weighted by atomic mass is 32.2. The third-order valence-electron chi connectivity index (χ3n) is 3.81. The lowest BCUT2D eigenvalue weighted by molar-refractivity contribution is -0.117. The van der Waals surface area contributed by atoms with Crippen LogP contribution in [-0.2, 0) is 9.59 Å². The number of thioether (sulfide) groups is 1. The van der Waals surface area contributed by atoms with Crippen LogP contribution >= 0.6 is 11.8 Å². The zero-order valence-corrected chi connectivity index (χ0v) is 14.5. The van der Waals surface area contributed by atoms with Crippen molar-refractivity contribution in [2.75, 3.05) is 23.7 Å². The number of rotatable bonds is 5. The van der Waals surface area contributed by atoms with Crippen LogP contribution in [0.15, 0.2) is 18.2 Å². The summed E-state index contributed by atoms with van der Waals surface area (Å²) in [4.78, 5) is 37.0. The van der Waals surface area contributed by atoms with Gasteiger partial charge in [-0.05, 0) is 43.5 Å². The molecular weight excluding hydrogens is 312 g/mol. The molecule has 2 rings (SSSR count). The first-order chi connectivity index (χ1) is 10.9. The molecule has 1 fully saturated rings. The van der Waals surface area contributed by atoms with Gasteiger partial charge in [0.25, 0.3) is 5.91 Å². The van der Waals surface area contributed by atoms with E-state index in [0.717, 1.165) is 11.3 Å². The average Bonchev–Trinajstić information content (AvgIpc) is 2.86. The Labute approximate surface area is 140 Å². The molecule has 5 nitrogen and oxygen atoms in total. The number of aryl methyl sites for hydroxylation is 1. The second-order valence-electron chi connectivity index (χ2n) is 5.74. The van der Waals surface area contributed by atoms with Gasteiger partial charge in [0.05, 0.1) is 0 Å². The number of amides is 2. The van der Waals surface area contributed by atoms with Gasteiger partial charge in [0.15, 0.2) is 5.12 Å². The Morgan fingerprint density at radius 3 is 2.74 bits per heavy atom. The van der Waals surface area contributed by atoms with Gasteiger partial charge >= 0.3 is 0 Å². The molecule has 0 saturated carbocycles. The number of anilines is 1. The first-order valence-electron chi connectivity index (χ1n) is 7.75. The molecule has 0 aromatic heterocycles. The van der Waals surface area contributed by atoms with Gasteiger partial charge < -0.3 is 10.2 Å². The highest BCUT2D eigenvalue weighted by Crippen LogP contribution is 2.30. The number of nitrogens with zero attached hydrogens (tertiary/aromatic N) is 1. The second kappa shape index (κ2) is 7.64. The van der Waals surface area contributed by atoms with E-state index in [-0.39, 0.29) is 22.8 Å². The topological polar surface area (TPSA) is 66.5 Å². The van der Waals surface area contributed by atoms with E-state index in [0.29, 0.717) is 30.8 Å². The quantitative estimate of drug-likeness (QED) is 0.898. The molecule has 0 radical (unpaired) electrons. The first-order valence-corrected chi connectivity index (χ1v) is 8.73. The zero-order chi connectivity index (χ0) is 17.0. The monoisotopic (exact) mass is 334 g/mol. The third-order valence-corrected chi connectivity index (χ3v) is 4.86. The summed E-state index contributed by atoms with van der Waals surface area (Å²) in [5.74, 6) is 0.839. The summed E-state index contributed by atoms with van der Waals surface area (Å²) >= 11 is 1.27. The van der Waals surface area contributed by atoms with Crippen molar-refractivity contribution in [3.8, 4) is 0 Å². The zero-order valence-electron chi connectivity index (χ0n) is 13.7. The summed E-state index contributed by atoms with van der Waals surface area (Å²) in [6, 6.07) is 5.39. The van der Waals surface area contributed by atoms with E-state index in [1.807, 2.05) is 26.0 Å². The van der Waals surface area contributed by atoms with Crippen LogP contribution in [0.2, 0.25) is 0 Å². The van der Waals surface area contributed by atoms with E-state index >= 15 is 0 Å². The minimum atomic E-state index is -0.106. The average molecular weight is 334 g/mol. The van der Waals surface area contributed by atoms with Crippen LogP contribution in [0.5, 0.6) is 0 Å². The van der Waals surface area contributed by atoms with Gasteiger partial charge in [0, 0.05) is 43.4 Å². The summed E-state index contributed by atoms with van der Waals surface area (Å²) < 4.78 is 0. The van der Waals surface area contributed by atoms with Gasteiger partial charge in [0.2, 0.25) is 5.91 Å². The van der Waals surface area contributed by atoms with Crippen molar-refractivity contribution in [2.45, 2.75) is 27.2 Å². The number of hydrogen-bond acceptors (Lipinski definition) is 4. The maximum absolute atomic E-state index is 12.3. The molecule has 23 heavy (non-hydrogen) atoms. The van der Waals surface area contributed by atoms with Crippen LogP contribution in [0.25, 0.3) is 0 Å². The number of benzene rings is 1. The molecule has 1 aliphatic heterocycles. The summed E-state index contributed by atoms with van der Waals surface area (Å²) in [6.45, 7) is 6.54. The first kappa shape index (κ1) is 17.5. The van der Waals surface area contributed by atoms with Crippen molar-refractivity contribution >= 4 is 34.4 Å².